The number of para-hydroxylation sites is 2. The van der Waals surface area contributed by atoms with Gasteiger partial charge in [0.2, 0.25) is 0 Å². The standard InChI is InChI=1S/C27H38NO4S.C24H30NO4S.2BrH/c1-2-3-7-15-27(30,25-12-8-20-33-25)26(29)32-24-21-28(17-13-22(24)14-18-28)16-9-19-31-23-10-5-4-6-11-23;1-2-12-24(27,22-9-6-17-30-22)23(26)29-21-18-25(13-10-19(21)11-14-25)15-16-28-20-7-4-3-5-8-20;;/h4-6,8,10-12,20,22,24,30H,2-3,7,9,13-19,21H2,1H3;2-9,17,19,21,27H,1,10-16,18H2;2*1H/q2*+1;;/p-2/t22?,24-,27?,28?;19?,21-,24?,25?;;/m00../s1. The lowest BCUT2D eigenvalue weighted by molar-refractivity contribution is -0.946. The molecule has 6 aliphatic heterocycles. The highest BCUT2D eigenvalue weighted by Crippen LogP contribution is 2.40. The summed E-state index contributed by atoms with van der Waals surface area (Å²) in [5.41, 5.74) is -3.17. The minimum absolute atomic E-state index is 0. The summed E-state index contributed by atoms with van der Waals surface area (Å²) in [4.78, 5) is 27.7. The molecule has 0 spiro atoms. The first-order valence-electron chi connectivity index (χ1n) is 23.2. The predicted molar refractivity (Wildman–Crippen MR) is 249 cm³/mol. The second-order valence-electron chi connectivity index (χ2n) is 18.3. The number of halogens is 2. The molecule has 6 aliphatic rings. The molecule has 2 unspecified atom stereocenters. The molecule has 6 fully saturated rings. The number of carbonyl (C=O) groups excluding carboxylic acids is 2. The highest BCUT2D eigenvalue weighted by molar-refractivity contribution is 7.10. The van der Waals surface area contributed by atoms with E-state index in [0.29, 0.717) is 41.2 Å². The first-order chi connectivity index (χ1) is 30.6. The second-order valence-corrected chi connectivity index (χ2v) is 20.1. The fourth-order valence-electron chi connectivity index (χ4n) is 10.3. The fraction of sp³-hybridized carbons (Fsp3) is 0.529. The summed E-state index contributed by atoms with van der Waals surface area (Å²) in [5.74, 6) is 1.58. The van der Waals surface area contributed by atoms with E-state index in [1.54, 1.807) is 12.1 Å². The van der Waals surface area contributed by atoms with Crippen molar-refractivity contribution in [3.05, 3.63) is 118 Å². The Morgan fingerprint density at radius 3 is 1.62 bits per heavy atom. The lowest BCUT2D eigenvalue weighted by Gasteiger charge is -2.52. The van der Waals surface area contributed by atoms with E-state index in [9.17, 15) is 19.8 Å². The molecule has 4 aromatic rings. The van der Waals surface area contributed by atoms with Crippen LogP contribution in [0.5, 0.6) is 11.5 Å². The Kier molecular flexibility index (Phi) is 20.2. The van der Waals surface area contributed by atoms with Crippen molar-refractivity contribution in [3.63, 3.8) is 0 Å². The van der Waals surface area contributed by atoms with Gasteiger partial charge in [0.15, 0.2) is 23.4 Å². The van der Waals surface area contributed by atoms with Crippen LogP contribution in [0.15, 0.2) is 108 Å². The van der Waals surface area contributed by atoms with Crippen molar-refractivity contribution in [2.45, 2.75) is 94.5 Å². The van der Waals surface area contributed by atoms with Crippen LogP contribution < -0.4 is 43.4 Å². The van der Waals surface area contributed by atoms with Gasteiger partial charge in [-0.25, -0.2) is 9.59 Å². The van der Waals surface area contributed by atoms with Gasteiger partial charge >= 0.3 is 11.9 Å². The molecule has 10 rings (SSSR count). The third-order valence-corrected chi connectivity index (χ3v) is 16.1. The number of unbranched alkanes of at least 4 members (excludes halogenated alkanes) is 2. The molecule has 4 bridgehead atoms. The third-order valence-electron chi connectivity index (χ3n) is 14.1. The van der Waals surface area contributed by atoms with Crippen molar-refractivity contribution in [1.82, 2.24) is 0 Å². The van der Waals surface area contributed by atoms with Crippen molar-refractivity contribution in [2.75, 3.05) is 65.6 Å². The van der Waals surface area contributed by atoms with Crippen molar-refractivity contribution in [1.29, 1.82) is 0 Å². The number of piperidine rings is 6. The van der Waals surface area contributed by atoms with E-state index >= 15 is 0 Å². The highest BCUT2D eigenvalue weighted by atomic mass is 79.9. The lowest BCUT2D eigenvalue weighted by Crippen LogP contribution is -3.00. The molecular formula is C51H68Br2N2O8S2. The smallest absolute Gasteiger partial charge is 0.344 e. The van der Waals surface area contributed by atoms with Gasteiger partial charge in [0.05, 0.1) is 39.3 Å². The Balaban J connectivity index is 0.000000238. The minimum atomic E-state index is -1.65. The van der Waals surface area contributed by atoms with Gasteiger partial charge in [0.25, 0.3) is 0 Å². The molecule has 0 radical (unpaired) electrons. The summed E-state index contributed by atoms with van der Waals surface area (Å²) >= 11 is 2.80. The molecular weight excluding hydrogens is 993 g/mol. The Bertz CT molecular complexity index is 2010. The van der Waals surface area contributed by atoms with Gasteiger partial charge in [0, 0.05) is 60.1 Å². The van der Waals surface area contributed by atoms with Crippen molar-refractivity contribution in [2.24, 2.45) is 11.8 Å². The van der Waals surface area contributed by atoms with Crippen molar-refractivity contribution in [3.8, 4) is 11.5 Å². The van der Waals surface area contributed by atoms with E-state index in [1.807, 2.05) is 89.6 Å². The molecule has 356 valence electrons. The maximum Gasteiger partial charge on any atom is 0.344 e. The average Bonchev–Trinajstić information content (AvgIpc) is 4.07. The topological polar surface area (TPSA) is 112 Å². The quantitative estimate of drug-likeness (QED) is 0.0569. The lowest BCUT2D eigenvalue weighted by atomic mass is 9.83. The van der Waals surface area contributed by atoms with Gasteiger partial charge in [-0.15, -0.1) is 29.3 Å². The fourth-order valence-corrected chi connectivity index (χ4v) is 11.9. The number of nitrogens with zero attached hydrogens (tertiary/aromatic N) is 2. The minimum Gasteiger partial charge on any atom is -1.00 e. The number of esters is 2. The number of thiophene rings is 2. The molecule has 2 aromatic heterocycles. The molecule has 4 atom stereocenters. The number of hydrogen-bond acceptors (Lipinski definition) is 10. The highest BCUT2D eigenvalue weighted by Gasteiger charge is 2.51. The molecule has 10 nitrogen and oxygen atoms in total. The Labute approximate surface area is 415 Å². The van der Waals surface area contributed by atoms with Crippen LogP contribution in [0.2, 0.25) is 0 Å². The number of rotatable bonds is 21. The summed E-state index contributed by atoms with van der Waals surface area (Å²) in [6.07, 6.45) is 9.99. The average molecular weight is 1060 g/mol. The summed E-state index contributed by atoms with van der Waals surface area (Å²) in [5, 5.41) is 26.3. The van der Waals surface area contributed by atoms with Crippen LogP contribution >= 0.6 is 22.7 Å². The van der Waals surface area contributed by atoms with E-state index in [-0.39, 0.29) is 52.6 Å². The summed E-state index contributed by atoms with van der Waals surface area (Å²) in [6, 6.07) is 27.2. The first kappa shape index (κ1) is 52.9. The SMILES string of the molecule is C=CCC(O)(C(=O)O[C@H]1C[N+]2(CCOc3ccccc3)CCC1CC2)c1cccs1.CCCCCC(O)(C(=O)O[C@H]1C[N+]2(CCCOc3ccccc3)CCC1CC2)c1cccs1.[Br-].[Br-]. The number of benzene rings is 2. The molecule has 2 aromatic carbocycles. The maximum absolute atomic E-state index is 13.3. The first-order valence-corrected chi connectivity index (χ1v) is 25.0. The normalized spacial score (nSPS) is 25.8. The number of quaternary nitrogens is 2. The molecule has 8 heterocycles. The van der Waals surface area contributed by atoms with E-state index < -0.39 is 23.1 Å². The van der Waals surface area contributed by atoms with E-state index in [0.717, 1.165) is 124 Å². The van der Waals surface area contributed by atoms with Gasteiger partial charge in [-0.3, -0.25) is 0 Å². The zero-order valence-electron chi connectivity index (χ0n) is 37.8. The molecule has 65 heavy (non-hydrogen) atoms. The number of fused-ring (bicyclic) bond motifs is 6. The van der Waals surface area contributed by atoms with Crippen LogP contribution in [0, 0.1) is 11.8 Å². The number of aliphatic hydroxyl groups is 2. The number of ether oxygens (including phenoxy) is 4. The second kappa shape index (κ2) is 24.8. The van der Waals surface area contributed by atoms with Gasteiger partial charge in [-0.05, 0) is 60.0 Å². The molecule has 0 saturated carbocycles. The van der Waals surface area contributed by atoms with Crippen molar-refractivity contribution >= 4 is 34.6 Å². The maximum atomic E-state index is 13.3. The van der Waals surface area contributed by atoms with Crippen LogP contribution in [0.4, 0.5) is 0 Å². The van der Waals surface area contributed by atoms with Gasteiger partial charge in [-0.1, -0.05) is 74.4 Å². The molecule has 0 aliphatic carbocycles. The van der Waals surface area contributed by atoms with Crippen LogP contribution in [0.1, 0.15) is 80.9 Å². The zero-order valence-corrected chi connectivity index (χ0v) is 42.6. The summed E-state index contributed by atoms with van der Waals surface area (Å²) in [7, 11) is 0. The largest absolute Gasteiger partial charge is 1.00 e. The molecule has 0 amide bonds. The van der Waals surface area contributed by atoms with Gasteiger partial charge < -0.3 is 72.1 Å². The molecule has 2 N–H and O–H groups in total. The zero-order chi connectivity index (χ0) is 44.2. The number of carbonyl (C=O) groups is 2. The van der Waals surface area contributed by atoms with E-state index in [4.69, 9.17) is 18.9 Å². The van der Waals surface area contributed by atoms with Gasteiger partial charge in [-0.2, -0.15) is 0 Å². The monoisotopic (exact) mass is 1060 g/mol. The summed E-state index contributed by atoms with van der Waals surface area (Å²) < 4.78 is 25.8. The van der Waals surface area contributed by atoms with E-state index in [2.05, 4.69) is 13.5 Å². The Hall–Kier alpha value is -3.08. The van der Waals surface area contributed by atoms with Crippen molar-refractivity contribution < 1.29 is 81.7 Å². The molecule has 6 saturated heterocycles. The Morgan fingerprint density at radius 1 is 0.662 bits per heavy atom. The third kappa shape index (κ3) is 13.3. The van der Waals surface area contributed by atoms with Crippen LogP contribution in [-0.2, 0) is 30.3 Å². The number of hydrogen-bond donors (Lipinski definition) is 2. The van der Waals surface area contributed by atoms with Crippen LogP contribution in [-0.4, -0.2) is 109 Å². The van der Waals surface area contributed by atoms with Crippen LogP contribution in [0.3, 0.4) is 0 Å². The predicted octanol–water partition coefficient (Wildman–Crippen LogP) is 2.89. The van der Waals surface area contributed by atoms with Crippen LogP contribution in [0.25, 0.3) is 0 Å². The Morgan fingerprint density at radius 2 is 1.14 bits per heavy atom. The molecule has 14 heteroatoms. The van der Waals surface area contributed by atoms with Gasteiger partial charge in [0.1, 0.15) is 37.7 Å². The summed E-state index contributed by atoms with van der Waals surface area (Å²) in [6.45, 7) is 15.3. The van der Waals surface area contributed by atoms with E-state index in [1.165, 1.54) is 22.7 Å².